The highest BCUT2D eigenvalue weighted by atomic mass is 16.4. The lowest BCUT2D eigenvalue weighted by molar-refractivity contribution is -0.137. The van der Waals surface area contributed by atoms with Crippen LogP contribution in [0.5, 0.6) is 0 Å². The van der Waals surface area contributed by atoms with Gasteiger partial charge in [0.2, 0.25) is 5.91 Å². The molecule has 5 nitrogen and oxygen atoms in total. The van der Waals surface area contributed by atoms with E-state index >= 15 is 0 Å². The molecular weight excluding hydrogens is 244 g/mol. The summed E-state index contributed by atoms with van der Waals surface area (Å²) in [4.78, 5) is 22.0. The predicted octanol–water partition coefficient (Wildman–Crippen LogP) is 1.81. The summed E-state index contributed by atoms with van der Waals surface area (Å²) >= 11 is 0. The Morgan fingerprint density at radius 2 is 1.95 bits per heavy atom. The quantitative estimate of drug-likeness (QED) is 0.656. The molecule has 1 amide bonds. The van der Waals surface area contributed by atoms with E-state index in [9.17, 15) is 9.59 Å². The molecule has 5 heteroatoms. The molecule has 0 aliphatic rings. The van der Waals surface area contributed by atoms with Gasteiger partial charge in [-0.25, -0.2) is 0 Å². The topological polar surface area (TPSA) is 78.4 Å². The second-order valence-corrected chi connectivity index (χ2v) is 4.61. The van der Waals surface area contributed by atoms with Crippen LogP contribution in [0.25, 0.3) is 0 Å². The molecule has 0 atom stereocenters. The fourth-order valence-corrected chi connectivity index (χ4v) is 1.71. The van der Waals surface area contributed by atoms with E-state index in [0.29, 0.717) is 5.92 Å². The van der Waals surface area contributed by atoms with Crippen LogP contribution < -0.4 is 10.6 Å². The van der Waals surface area contributed by atoms with Crippen LogP contribution >= 0.6 is 0 Å². The maximum Gasteiger partial charge on any atom is 0.304 e. The molecule has 1 aromatic carbocycles. The normalized spacial score (nSPS) is 10.5. The molecular formula is C14H20N2O3. The van der Waals surface area contributed by atoms with Gasteiger partial charge in [0, 0.05) is 12.2 Å². The van der Waals surface area contributed by atoms with Crippen LogP contribution in [0.1, 0.15) is 31.7 Å². The van der Waals surface area contributed by atoms with Crippen molar-refractivity contribution >= 4 is 17.6 Å². The molecule has 1 aromatic rings. The van der Waals surface area contributed by atoms with Gasteiger partial charge in [0.05, 0.1) is 13.0 Å². The Morgan fingerprint density at radius 1 is 1.26 bits per heavy atom. The van der Waals surface area contributed by atoms with Crippen molar-refractivity contribution in [1.82, 2.24) is 5.32 Å². The van der Waals surface area contributed by atoms with Gasteiger partial charge in [-0.2, -0.15) is 0 Å². The summed E-state index contributed by atoms with van der Waals surface area (Å²) in [6.07, 6.45) is 0.00978. The predicted molar refractivity (Wildman–Crippen MR) is 74.3 cm³/mol. The number of carbonyl (C=O) groups is 2. The number of rotatable bonds is 7. The van der Waals surface area contributed by atoms with Crippen molar-refractivity contribution in [2.24, 2.45) is 0 Å². The van der Waals surface area contributed by atoms with Crippen molar-refractivity contribution in [3.05, 3.63) is 29.8 Å². The van der Waals surface area contributed by atoms with Crippen molar-refractivity contribution in [2.75, 3.05) is 18.4 Å². The van der Waals surface area contributed by atoms with Crippen LogP contribution in [0.2, 0.25) is 0 Å². The average Bonchev–Trinajstić information content (AvgIpc) is 2.35. The molecule has 1 rings (SSSR count). The summed E-state index contributed by atoms with van der Waals surface area (Å²) in [6.45, 7) is 4.53. The Bertz CT molecular complexity index is 444. The van der Waals surface area contributed by atoms with Crippen LogP contribution in [0.4, 0.5) is 5.69 Å². The molecule has 0 radical (unpaired) electrons. The molecule has 0 aliphatic heterocycles. The van der Waals surface area contributed by atoms with Crippen LogP contribution in [0, 0.1) is 0 Å². The van der Waals surface area contributed by atoms with Crippen LogP contribution in [0.3, 0.4) is 0 Å². The fourth-order valence-electron chi connectivity index (χ4n) is 1.71. The van der Waals surface area contributed by atoms with Gasteiger partial charge in [0.15, 0.2) is 0 Å². The molecule has 0 spiro atoms. The number of hydrogen-bond donors (Lipinski definition) is 3. The molecule has 0 aliphatic carbocycles. The van der Waals surface area contributed by atoms with Gasteiger partial charge < -0.3 is 15.7 Å². The number of carboxylic acids is 1. The summed E-state index contributed by atoms with van der Waals surface area (Å²) in [7, 11) is 0. The van der Waals surface area contributed by atoms with Crippen molar-refractivity contribution < 1.29 is 14.7 Å². The number of carbonyl (C=O) groups excluding carboxylic acids is 1. The maximum absolute atomic E-state index is 11.7. The van der Waals surface area contributed by atoms with Gasteiger partial charge in [0.1, 0.15) is 0 Å². The summed E-state index contributed by atoms with van der Waals surface area (Å²) in [5, 5.41) is 14.1. The molecule has 19 heavy (non-hydrogen) atoms. The van der Waals surface area contributed by atoms with E-state index in [1.165, 1.54) is 0 Å². The number of nitrogens with one attached hydrogen (secondary N) is 2. The number of anilines is 1. The molecule has 0 saturated carbocycles. The van der Waals surface area contributed by atoms with Gasteiger partial charge in [-0.3, -0.25) is 9.59 Å². The van der Waals surface area contributed by atoms with Gasteiger partial charge in [0.25, 0.3) is 0 Å². The summed E-state index contributed by atoms with van der Waals surface area (Å²) in [6, 6.07) is 7.66. The molecule has 0 unspecified atom stereocenters. The van der Waals surface area contributed by atoms with Crippen molar-refractivity contribution in [1.29, 1.82) is 0 Å². The first kappa shape index (κ1) is 15.2. The molecule has 0 aromatic heterocycles. The Kier molecular flexibility index (Phi) is 6.02. The lowest BCUT2D eigenvalue weighted by atomic mass is 10.0. The second-order valence-electron chi connectivity index (χ2n) is 4.61. The van der Waals surface area contributed by atoms with Crippen molar-refractivity contribution in [2.45, 2.75) is 26.2 Å². The minimum Gasteiger partial charge on any atom is -0.481 e. The third kappa shape index (κ3) is 5.52. The second kappa shape index (κ2) is 7.53. The van der Waals surface area contributed by atoms with Gasteiger partial charge >= 0.3 is 5.97 Å². The lowest BCUT2D eigenvalue weighted by Gasteiger charge is -2.13. The highest BCUT2D eigenvalue weighted by molar-refractivity contribution is 5.93. The Labute approximate surface area is 113 Å². The third-order valence-corrected chi connectivity index (χ3v) is 2.66. The standard InChI is InChI=1S/C14H20N2O3/c1-10(2)11-5-3-4-6-12(11)16-13(17)9-15-8-7-14(18)19/h3-6,10,15H,7-9H2,1-2H3,(H,16,17)(H,18,19). The van der Waals surface area contributed by atoms with Crippen LogP contribution in [-0.2, 0) is 9.59 Å². The largest absolute Gasteiger partial charge is 0.481 e. The Balaban J connectivity index is 2.46. The van der Waals surface area contributed by atoms with E-state index in [0.717, 1.165) is 11.3 Å². The van der Waals surface area contributed by atoms with E-state index in [2.05, 4.69) is 24.5 Å². The SMILES string of the molecule is CC(C)c1ccccc1NC(=O)CNCCC(=O)O. The van der Waals surface area contributed by atoms with Crippen molar-refractivity contribution in [3.8, 4) is 0 Å². The minimum absolute atomic E-state index is 0.00978. The average molecular weight is 264 g/mol. The van der Waals surface area contributed by atoms with Crippen molar-refractivity contribution in [3.63, 3.8) is 0 Å². The molecule has 0 saturated heterocycles. The zero-order chi connectivity index (χ0) is 14.3. The number of carboxylic acid groups (broad SMARTS) is 1. The zero-order valence-corrected chi connectivity index (χ0v) is 11.3. The smallest absolute Gasteiger partial charge is 0.304 e. The van der Waals surface area contributed by atoms with Gasteiger partial charge in [-0.05, 0) is 17.5 Å². The molecule has 0 heterocycles. The Hall–Kier alpha value is -1.88. The number of amides is 1. The van der Waals surface area contributed by atoms with Gasteiger partial charge in [-0.15, -0.1) is 0 Å². The number of aliphatic carboxylic acids is 1. The van der Waals surface area contributed by atoms with Crippen LogP contribution in [-0.4, -0.2) is 30.1 Å². The van der Waals surface area contributed by atoms with E-state index in [4.69, 9.17) is 5.11 Å². The highest BCUT2D eigenvalue weighted by Gasteiger charge is 2.08. The van der Waals surface area contributed by atoms with E-state index < -0.39 is 5.97 Å². The first-order chi connectivity index (χ1) is 9.00. The summed E-state index contributed by atoms with van der Waals surface area (Å²) in [5.74, 6) is -0.715. The molecule has 104 valence electrons. The zero-order valence-electron chi connectivity index (χ0n) is 11.3. The maximum atomic E-state index is 11.7. The monoisotopic (exact) mass is 264 g/mol. The minimum atomic E-state index is -0.877. The fraction of sp³-hybridized carbons (Fsp3) is 0.429. The molecule has 0 bridgehead atoms. The van der Waals surface area contributed by atoms with E-state index in [1.807, 2.05) is 24.3 Å². The third-order valence-electron chi connectivity index (χ3n) is 2.66. The van der Waals surface area contributed by atoms with E-state index in [1.54, 1.807) is 0 Å². The number of hydrogen-bond acceptors (Lipinski definition) is 3. The summed E-state index contributed by atoms with van der Waals surface area (Å²) < 4.78 is 0. The first-order valence-electron chi connectivity index (χ1n) is 6.32. The number of para-hydroxylation sites is 1. The molecule has 3 N–H and O–H groups in total. The van der Waals surface area contributed by atoms with Gasteiger partial charge in [-0.1, -0.05) is 32.0 Å². The van der Waals surface area contributed by atoms with Crippen LogP contribution in [0.15, 0.2) is 24.3 Å². The lowest BCUT2D eigenvalue weighted by Crippen LogP contribution is -2.30. The van der Waals surface area contributed by atoms with E-state index in [-0.39, 0.29) is 25.4 Å². The summed E-state index contributed by atoms with van der Waals surface area (Å²) in [5.41, 5.74) is 1.89. The Morgan fingerprint density at radius 3 is 2.58 bits per heavy atom. The first-order valence-corrected chi connectivity index (χ1v) is 6.32. The highest BCUT2D eigenvalue weighted by Crippen LogP contribution is 2.23. The number of benzene rings is 1. The molecule has 0 fully saturated rings.